The van der Waals surface area contributed by atoms with Crippen molar-refractivity contribution >= 4 is 21.8 Å². The molecular formula is C12H17BrN2O. The third-order valence-electron chi connectivity index (χ3n) is 2.40. The second kappa shape index (κ2) is 6.01. The zero-order chi connectivity index (χ0) is 12.1. The Morgan fingerprint density at radius 1 is 1.50 bits per heavy atom. The van der Waals surface area contributed by atoms with Crippen LogP contribution >= 0.6 is 15.9 Å². The molecule has 1 atom stereocenters. The summed E-state index contributed by atoms with van der Waals surface area (Å²) in [5.74, 6) is -0.0155. The van der Waals surface area contributed by atoms with Crippen LogP contribution in [0.25, 0.3) is 0 Å². The first-order valence-corrected chi connectivity index (χ1v) is 6.13. The molecule has 0 heterocycles. The molecule has 1 amide bonds. The fourth-order valence-electron chi connectivity index (χ4n) is 1.47. The zero-order valence-corrected chi connectivity index (χ0v) is 11.2. The van der Waals surface area contributed by atoms with Gasteiger partial charge in [-0.3, -0.25) is 4.79 Å². The van der Waals surface area contributed by atoms with Gasteiger partial charge in [-0.2, -0.15) is 0 Å². The first-order chi connectivity index (χ1) is 7.56. The number of amides is 1. The molecule has 4 heteroatoms. The van der Waals surface area contributed by atoms with E-state index in [1.807, 2.05) is 31.2 Å². The van der Waals surface area contributed by atoms with E-state index in [2.05, 4.69) is 15.9 Å². The SMILES string of the molecule is CCN(Cc1ccccc1Br)C(=O)C(C)N. The fourth-order valence-corrected chi connectivity index (χ4v) is 1.88. The summed E-state index contributed by atoms with van der Waals surface area (Å²) in [6.45, 7) is 4.93. The van der Waals surface area contributed by atoms with Gasteiger partial charge in [-0.05, 0) is 25.5 Å². The summed E-state index contributed by atoms with van der Waals surface area (Å²) in [4.78, 5) is 13.5. The van der Waals surface area contributed by atoms with Crippen LogP contribution in [0.3, 0.4) is 0 Å². The van der Waals surface area contributed by atoms with Gasteiger partial charge in [0.25, 0.3) is 0 Å². The van der Waals surface area contributed by atoms with E-state index >= 15 is 0 Å². The Morgan fingerprint density at radius 2 is 2.12 bits per heavy atom. The van der Waals surface area contributed by atoms with Crippen LogP contribution in [0.1, 0.15) is 19.4 Å². The molecule has 1 aromatic rings. The number of benzene rings is 1. The largest absolute Gasteiger partial charge is 0.337 e. The van der Waals surface area contributed by atoms with Gasteiger partial charge in [0.1, 0.15) is 0 Å². The lowest BCUT2D eigenvalue weighted by atomic mass is 10.2. The van der Waals surface area contributed by atoms with Crippen LogP contribution in [-0.2, 0) is 11.3 Å². The van der Waals surface area contributed by atoms with E-state index in [0.717, 1.165) is 10.0 Å². The van der Waals surface area contributed by atoms with Gasteiger partial charge in [0, 0.05) is 17.6 Å². The molecule has 0 aliphatic rings. The van der Waals surface area contributed by atoms with Gasteiger partial charge in [-0.15, -0.1) is 0 Å². The molecule has 0 aliphatic heterocycles. The minimum Gasteiger partial charge on any atom is -0.337 e. The number of rotatable bonds is 4. The van der Waals surface area contributed by atoms with Gasteiger partial charge < -0.3 is 10.6 Å². The fraction of sp³-hybridized carbons (Fsp3) is 0.417. The Balaban J connectivity index is 2.78. The van der Waals surface area contributed by atoms with Crippen LogP contribution in [0.4, 0.5) is 0 Å². The van der Waals surface area contributed by atoms with E-state index in [-0.39, 0.29) is 5.91 Å². The highest BCUT2D eigenvalue weighted by Gasteiger charge is 2.16. The van der Waals surface area contributed by atoms with Gasteiger partial charge in [0.15, 0.2) is 0 Å². The average Bonchev–Trinajstić information content (AvgIpc) is 2.27. The minimum absolute atomic E-state index is 0.0155. The Hall–Kier alpha value is -0.870. The lowest BCUT2D eigenvalue weighted by Crippen LogP contribution is -2.41. The zero-order valence-electron chi connectivity index (χ0n) is 9.61. The molecule has 1 aromatic carbocycles. The number of carbonyl (C=O) groups is 1. The molecule has 0 bridgehead atoms. The molecule has 16 heavy (non-hydrogen) atoms. The molecule has 0 aromatic heterocycles. The lowest BCUT2D eigenvalue weighted by Gasteiger charge is -2.23. The van der Waals surface area contributed by atoms with Crippen molar-refractivity contribution in [2.24, 2.45) is 5.73 Å². The highest BCUT2D eigenvalue weighted by atomic mass is 79.9. The summed E-state index contributed by atoms with van der Waals surface area (Å²) in [5.41, 5.74) is 6.70. The number of halogens is 1. The normalized spacial score (nSPS) is 12.2. The molecule has 1 unspecified atom stereocenters. The molecule has 0 radical (unpaired) electrons. The number of nitrogens with zero attached hydrogens (tertiary/aromatic N) is 1. The van der Waals surface area contributed by atoms with E-state index in [9.17, 15) is 4.79 Å². The average molecular weight is 285 g/mol. The van der Waals surface area contributed by atoms with Crippen LogP contribution < -0.4 is 5.73 Å². The Kier molecular flexibility index (Phi) is 4.96. The number of hydrogen-bond acceptors (Lipinski definition) is 2. The van der Waals surface area contributed by atoms with Crippen LogP contribution in [0.15, 0.2) is 28.7 Å². The number of nitrogens with two attached hydrogens (primary N) is 1. The summed E-state index contributed by atoms with van der Waals surface area (Å²) < 4.78 is 1.02. The maximum absolute atomic E-state index is 11.8. The van der Waals surface area contributed by atoms with Crippen molar-refractivity contribution in [2.75, 3.05) is 6.54 Å². The molecule has 1 rings (SSSR count). The molecule has 2 N–H and O–H groups in total. The van der Waals surface area contributed by atoms with Crippen molar-refractivity contribution in [3.63, 3.8) is 0 Å². The van der Waals surface area contributed by atoms with E-state index in [0.29, 0.717) is 13.1 Å². The summed E-state index contributed by atoms with van der Waals surface area (Å²) >= 11 is 3.47. The second-order valence-corrected chi connectivity index (χ2v) is 4.59. The summed E-state index contributed by atoms with van der Waals surface area (Å²) in [6.07, 6.45) is 0. The van der Waals surface area contributed by atoms with Crippen molar-refractivity contribution in [1.82, 2.24) is 4.90 Å². The number of hydrogen-bond donors (Lipinski definition) is 1. The Labute approximate surface area is 105 Å². The third-order valence-corrected chi connectivity index (χ3v) is 3.18. The topological polar surface area (TPSA) is 46.3 Å². The number of likely N-dealkylation sites (N-methyl/N-ethyl adjacent to an activating group) is 1. The summed E-state index contributed by atoms with van der Waals surface area (Å²) in [5, 5.41) is 0. The van der Waals surface area contributed by atoms with Crippen molar-refractivity contribution in [3.8, 4) is 0 Å². The maximum atomic E-state index is 11.8. The van der Waals surface area contributed by atoms with E-state index in [1.54, 1.807) is 11.8 Å². The molecular weight excluding hydrogens is 268 g/mol. The quantitative estimate of drug-likeness (QED) is 0.921. The van der Waals surface area contributed by atoms with Gasteiger partial charge >= 0.3 is 0 Å². The van der Waals surface area contributed by atoms with Crippen LogP contribution in [0, 0.1) is 0 Å². The highest BCUT2D eigenvalue weighted by molar-refractivity contribution is 9.10. The van der Waals surface area contributed by atoms with E-state index in [1.165, 1.54) is 0 Å². The minimum atomic E-state index is -0.442. The number of carbonyl (C=O) groups excluding carboxylic acids is 1. The van der Waals surface area contributed by atoms with Crippen LogP contribution in [-0.4, -0.2) is 23.4 Å². The van der Waals surface area contributed by atoms with Gasteiger partial charge in [-0.1, -0.05) is 34.1 Å². The Bertz CT molecular complexity index is 366. The molecule has 0 fully saturated rings. The third kappa shape index (κ3) is 3.32. The van der Waals surface area contributed by atoms with Crippen LogP contribution in [0.5, 0.6) is 0 Å². The summed E-state index contributed by atoms with van der Waals surface area (Å²) in [6, 6.07) is 7.45. The van der Waals surface area contributed by atoms with Crippen molar-refractivity contribution in [3.05, 3.63) is 34.3 Å². The first kappa shape index (κ1) is 13.2. The van der Waals surface area contributed by atoms with Crippen molar-refractivity contribution in [2.45, 2.75) is 26.4 Å². The maximum Gasteiger partial charge on any atom is 0.239 e. The predicted octanol–water partition coefficient (Wildman–Crippen LogP) is 2.14. The lowest BCUT2D eigenvalue weighted by molar-refractivity contribution is -0.132. The molecule has 0 saturated carbocycles. The first-order valence-electron chi connectivity index (χ1n) is 5.34. The van der Waals surface area contributed by atoms with E-state index < -0.39 is 6.04 Å². The van der Waals surface area contributed by atoms with Crippen LogP contribution in [0.2, 0.25) is 0 Å². The molecule has 0 saturated heterocycles. The smallest absolute Gasteiger partial charge is 0.239 e. The van der Waals surface area contributed by atoms with Crippen molar-refractivity contribution < 1.29 is 4.79 Å². The standard InChI is InChI=1S/C12H17BrN2O/c1-3-15(12(16)9(2)14)8-10-6-4-5-7-11(10)13/h4-7,9H,3,8,14H2,1-2H3. The highest BCUT2D eigenvalue weighted by Crippen LogP contribution is 2.17. The predicted molar refractivity (Wildman–Crippen MR) is 68.9 cm³/mol. The van der Waals surface area contributed by atoms with E-state index in [4.69, 9.17) is 5.73 Å². The monoisotopic (exact) mass is 284 g/mol. The van der Waals surface area contributed by atoms with Gasteiger partial charge in [0.2, 0.25) is 5.91 Å². The van der Waals surface area contributed by atoms with Crippen molar-refractivity contribution in [1.29, 1.82) is 0 Å². The second-order valence-electron chi connectivity index (χ2n) is 3.73. The van der Waals surface area contributed by atoms with Gasteiger partial charge in [0.05, 0.1) is 6.04 Å². The summed E-state index contributed by atoms with van der Waals surface area (Å²) in [7, 11) is 0. The van der Waals surface area contributed by atoms with Gasteiger partial charge in [-0.25, -0.2) is 0 Å². The molecule has 3 nitrogen and oxygen atoms in total. The molecule has 0 aliphatic carbocycles. The Morgan fingerprint density at radius 3 is 2.62 bits per heavy atom. The molecule has 88 valence electrons. The molecule has 0 spiro atoms.